The highest BCUT2D eigenvalue weighted by molar-refractivity contribution is 5.95. The van der Waals surface area contributed by atoms with Gasteiger partial charge in [-0.15, -0.1) is 0 Å². The van der Waals surface area contributed by atoms with Crippen LogP contribution in [-0.2, 0) is 11.2 Å². The van der Waals surface area contributed by atoms with Gasteiger partial charge in [-0.25, -0.2) is 8.78 Å². The second-order valence-electron chi connectivity index (χ2n) is 9.61. The zero-order valence-corrected chi connectivity index (χ0v) is 20.8. The molecule has 0 radical (unpaired) electrons. The fraction of sp³-hybridized carbons (Fsp3) is 0.464. The van der Waals surface area contributed by atoms with Gasteiger partial charge in [0.15, 0.2) is 0 Å². The summed E-state index contributed by atoms with van der Waals surface area (Å²) in [5.41, 5.74) is 2.76. The minimum absolute atomic E-state index is 0.0218. The zero-order valence-electron chi connectivity index (χ0n) is 20.8. The Morgan fingerprint density at radius 3 is 2.54 bits per heavy atom. The minimum atomic E-state index is -0.324. The number of aromatic amines is 1. The molecule has 4 rings (SSSR count). The fourth-order valence-corrected chi connectivity index (χ4v) is 5.11. The summed E-state index contributed by atoms with van der Waals surface area (Å²) >= 11 is 0. The summed E-state index contributed by atoms with van der Waals surface area (Å²) in [4.78, 5) is 22.9. The molecule has 1 aliphatic heterocycles. The average Bonchev–Trinajstić information content (AvgIpc) is 3.22. The number of amides is 1. The number of rotatable bonds is 10. The van der Waals surface area contributed by atoms with Gasteiger partial charge in [0.1, 0.15) is 11.6 Å². The van der Waals surface area contributed by atoms with Crippen LogP contribution in [0.2, 0.25) is 0 Å². The number of H-pyrrole nitrogens is 1. The van der Waals surface area contributed by atoms with Crippen LogP contribution in [-0.4, -0.2) is 66.0 Å². The molecule has 1 amide bonds. The monoisotopic (exact) mass is 482 g/mol. The lowest BCUT2D eigenvalue weighted by atomic mass is 10.1. The summed E-state index contributed by atoms with van der Waals surface area (Å²) in [7, 11) is 0. The number of aromatic nitrogens is 1. The van der Waals surface area contributed by atoms with E-state index in [0.717, 1.165) is 74.9 Å². The number of piperazine rings is 1. The molecule has 0 spiro atoms. The van der Waals surface area contributed by atoms with Crippen LogP contribution in [0.5, 0.6) is 0 Å². The number of nitrogens with one attached hydrogen (secondary N) is 1. The molecule has 3 aromatic rings. The Morgan fingerprint density at radius 1 is 1.06 bits per heavy atom. The highest BCUT2D eigenvalue weighted by Crippen LogP contribution is 2.22. The SMILES string of the molecule is CCCC(C)N(C(=O)CN1CCN(CCCc2c[nH]c3ccc(F)cc23)CC1)c1cccc(F)c1. The number of nitrogens with zero attached hydrogens (tertiary/aromatic N) is 3. The molecule has 5 nitrogen and oxygen atoms in total. The van der Waals surface area contributed by atoms with Crippen molar-refractivity contribution in [3.8, 4) is 0 Å². The van der Waals surface area contributed by atoms with Gasteiger partial charge in [0.25, 0.3) is 0 Å². The molecule has 1 fully saturated rings. The van der Waals surface area contributed by atoms with Gasteiger partial charge in [0, 0.05) is 55.0 Å². The van der Waals surface area contributed by atoms with E-state index in [4.69, 9.17) is 0 Å². The Hall–Kier alpha value is -2.77. The molecule has 2 aromatic carbocycles. The molecule has 1 atom stereocenters. The first-order valence-corrected chi connectivity index (χ1v) is 12.7. The molecule has 1 N–H and O–H groups in total. The first-order valence-electron chi connectivity index (χ1n) is 12.7. The molecule has 188 valence electrons. The van der Waals surface area contributed by atoms with Gasteiger partial charge >= 0.3 is 0 Å². The van der Waals surface area contributed by atoms with E-state index in [1.54, 1.807) is 23.1 Å². The maximum absolute atomic E-state index is 13.9. The van der Waals surface area contributed by atoms with Crippen LogP contribution >= 0.6 is 0 Å². The number of aryl methyl sites for hydroxylation is 1. The largest absolute Gasteiger partial charge is 0.361 e. The summed E-state index contributed by atoms with van der Waals surface area (Å²) in [6, 6.07) is 11.2. The fourth-order valence-electron chi connectivity index (χ4n) is 5.11. The molecule has 0 saturated carbocycles. The molecule has 1 aliphatic rings. The van der Waals surface area contributed by atoms with E-state index in [2.05, 4.69) is 21.7 Å². The topological polar surface area (TPSA) is 42.6 Å². The lowest BCUT2D eigenvalue weighted by molar-refractivity contribution is -0.120. The van der Waals surface area contributed by atoms with Crippen molar-refractivity contribution in [2.24, 2.45) is 0 Å². The van der Waals surface area contributed by atoms with Crippen molar-refractivity contribution in [2.45, 2.75) is 45.6 Å². The van der Waals surface area contributed by atoms with Crippen molar-refractivity contribution in [2.75, 3.05) is 44.2 Å². The summed E-state index contributed by atoms with van der Waals surface area (Å²) in [5.74, 6) is -0.504. The molecule has 0 bridgehead atoms. The van der Waals surface area contributed by atoms with Crippen molar-refractivity contribution in [3.05, 3.63) is 65.9 Å². The van der Waals surface area contributed by atoms with E-state index in [9.17, 15) is 13.6 Å². The lowest BCUT2D eigenvalue weighted by Gasteiger charge is -2.36. The third-order valence-electron chi connectivity index (χ3n) is 6.98. The van der Waals surface area contributed by atoms with Gasteiger partial charge in [0.05, 0.1) is 6.54 Å². The summed E-state index contributed by atoms with van der Waals surface area (Å²) in [5, 5.41) is 0.966. The Morgan fingerprint density at radius 2 is 1.80 bits per heavy atom. The molecule has 1 saturated heterocycles. The minimum Gasteiger partial charge on any atom is -0.361 e. The molecular formula is C28H36F2N4O. The van der Waals surface area contributed by atoms with E-state index >= 15 is 0 Å². The standard InChI is InChI=1S/C28H36F2N4O/c1-3-6-21(2)34(25-9-4-8-23(29)17-25)28(35)20-33-15-13-32(14-16-33)12-5-7-22-19-31-27-11-10-24(30)18-26(22)27/h4,8-11,17-19,21,31H,3,5-7,12-16,20H2,1-2H3. The van der Waals surface area contributed by atoms with Crippen LogP contribution in [0.4, 0.5) is 14.5 Å². The maximum Gasteiger partial charge on any atom is 0.241 e. The number of benzene rings is 2. The van der Waals surface area contributed by atoms with E-state index < -0.39 is 0 Å². The van der Waals surface area contributed by atoms with Gasteiger partial charge in [-0.05, 0) is 74.7 Å². The van der Waals surface area contributed by atoms with E-state index in [1.807, 2.05) is 19.2 Å². The number of halogens is 2. The number of anilines is 1. The van der Waals surface area contributed by atoms with Gasteiger partial charge in [-0.1, -0.05) is 19.4 Å². The molecule has 0 aliphatic carbocycles. The zero-order chi connectivity index (χ0) is 24.8. The van der Waals surface area contributed by atoms with E-state index in [-0.39, 0.29) is 23.6 Å². The normalized spacial score (nSPS) is 16.0. The van der Waals surface area contributed by atoms with Crippen molar-refractivity contribution >= 4 is 22.5 Å². The van der Waals surface area contributed by atoms with Crippen LogP contribution < -0.4 is 4.90 Å². The molecular weight excluding hydrogens is 446 g/mol. The van der Waals surface area contributed by atoms with Gasteiger partial charge in [-0.2, -0.15) is 0 Å². The Kier molecular flexibility index (Phi) is 8.52. The molecule has 1 unspecified atom stereocenters. The first-order chi connectivity index (χ1) is 16.9. The smallest absolute Gasteiger partial charge is 0.241 e. The predicted molar refractivity (Wildman–Crippen MR) is 138 cm³/mol. The summed E-state index contributed by atoms with van der Waals surface area (Å²) in [6.07, 6.45) is 5.73. The molecule has 35 heavy (non-hydrogen) atoms. The van der Waals surface area contributed by atoms with Crippen LogP contribution in [0, 0.1) is 11.6 Å². The van der Waals surface area contributed by atoms with Crippen molar-refractivity contribution in [1.29, 1.82) is 0 Å². The first kappa shape index (κ1) is 25.3. The predicted octanol–water partition coefficient (Wildman–Crippen LogP) is 5.22. The average molecular weight is 483 g/mol. The highest BCUT2D eigenvalue weighted by Gasteiger charge is 2.25. The third kappa shape index (κ3) is 6.47. The van der Waals surface area contributed by atoms with Crippen LogP contribution in [0.1, 0.15) is 38.7 Å². The highest BCUT2D eigenvalue weighted by atomic mass is 19.1. The second-order valence-corrected chi connectivity index (χ2v) is 9.61. The van der Waals surface area contributed by atoms with Crippen molar-refractivity contribution in [3.63, 3.8) is 0 Å². The number of hydrogen-bond acceptors (Lipinski definition) is 3. The van der Waals surface area contributed by atoms with E-state index in [0.29, 0.717) is 12.2 Å². The lowest BCUT2D eigenvalue weighted by Crippen LogP contribution is -2.51. The van der Waals surface area contributed by atoms with E-state index in [1.165, 1.54) is 18.2 Å². The van der Waals surface area contributed by atoms with Crippen molar-refractivity contribution in [1.82, 2.24) is 14.8 Å². The number of hydrogen-bond donors (Lipinski definition) is 1. The van der Waals surface area contributed by atoms with Crippen LogP contribution in [0.25, 0.3) is 10.9 Å². The quantitative estimate of drug-likeness (QED) is 0.431. The van der Waals surface area contributed by atoms with Crippen LogP contribution in [0.3, 0.4) is 0 Å². The number of carbonyl (C=O) groups is 1. The van der Waals surface area contributed by atoms with Gasteiger partial charge in [-0.3, -0.25) is 9.69 Å². The van der Waals surface area contributed by atoms with Crippen LogP contribution in [0.15, 0.2) is 48.7 Å². The van der Waals surface area contributed by atoms with Gasteiger partial charge in [0.2, 0.25) is 5.91 Å². The van der Waals surface area contributed by atoms with Crippen molar-refractivity contribution < 1.29 is 13.6 Å². The van der Waals surface area contributed by atoms with Gasteiger partial charge < -0.3 is 14.8 Å². The molecule has 2 heterocycles. The molecule has 1 aromatic heterocycles. The third-order valence-corrected chi connectivity index (χ3v) is 6.98. The summed E-state index contributed by atoms with van der Waals surface area (Å²) < 4.78 is 27.5. The Labute approximate surface area is 206 Å². The summed E-state index contributed by atoms with van der Waals surface area (Å²) in [6.45, 7) is 8.96. The molecule has 7 heteroatoms. The Balaban J connectivity index is 1.26. The Bertz CT molecular complexity index is 1120. The maximum atomic E-state index is 13.9. The number of carbonyl (C=O) groups excluding carboxylic acids is 1. The number of fused-ring (bicyclic) bond motifs is 1. The second kappa shape index (κ2) is 11.8.